The summed E-state index contributed by atoms with van der Waals surface area (Å²) in [7, 11) is 0. The molecule has 116 valence electrons. The molecule has 0 saturated carbocycles. The van der Waals surface area contributed by atoms with Gasteiger partial charge in [-0.3, -0.25) is 0 Å². The largest absolute Gasteiger partial charge is 0.494 e. The van der Waals surface area contributed by atoms with Crippen molar-refractivity contribution in [1.82, 2.24) is 0 Å². The van der Waals surface area contributed by atoms with Gasteiger partial charge in [0.25, 0.3) is 0 Å². The van der Waals surface area contributed by atoms with Gasteiger partial charge in [-0.25, -0.2) is 4.39 Å². The van der Waals surface area contributed by atoms with E-state index in [1.165, 1.54) is 23.9 Å². The molecular formula is C14H19BrFN3OS. The lowest BCUT2D eigenvalue weighted by Crippen LogP contribution is -2.15. The van der Waals surface area contributed by atoms with Crippen molar-refractivity contribution in [3.8, 4) is 5.75 Å². The summed E-state index contributed by atoms with van der Waals surface area (Å²) in [5.74, 6) is 1.32. The SMILES string of the molecule is Br.NC1=NN=C(CCCCCOc2ccc(F)cc2)CS1. The Balaban J connectivity index is 0.00000220. The molecule has 0 amide bonds. The van der Waals surface area contributed by atoms with Crippen LogP contribution in [-0.2, 0) is 0 Å². The molecule has 0 radical (unpaired) electrons. The minimum absolute atomic E-state index is 0. The fourth-order valence-electron chi connectivity index (χ4n) is 1.79. The monoisotopic (exact) mass is 375 g/mol. The molecule has 2 rings (SSSR count). The first kappa shape index (κ1) is 18.0. The van der Waals surface area contributed by atoms with Gasteiger partial charge in [0.15, 0.2) is 5.17 Å². The maximum atomic E-state index is 12.7. The lowest BCUT2D eigenvalue weighted by Gasteiger charge is -2.09. The van der Waals surface area contributed by atoms with Gasteiger partial charge in [0.2, 0.25) is 0 Å². The zero-order valence-electron chi connectivity index (χ0n) is 11.6. The smallest absolute Gasteiger partial charge is 0.180 e. The fraction of sp³-hybridized carbons (Fsp3) is 0.429. The lowest BCUT2D eigenvalue weighted by molar-refractivity contribution is 0.305. The van der Waals surface area contributed by atoms with Crippen molar-refractivity contribution in [3.63, 3.8) is 0 Å². The van der Waals surface area contributed by atoms with Gasteiger partial charge in [-0.2, -0.15) is 5.10 Å². The molecule has 0 fully saturated rings. The van der Waals surface area contributed by atoms with E-state index in [-0.39, 0.29) is 22.8 Å². The van der Waals surface area contributed by atoms with Crippen LogP contribution in [0.3, 0.4) is 0 Å². The van der Waals surface area contributed by atoms with Gasteiger partial charge in [0, 0.05) is 5.75 Å². The Kier molecular flexibility index (Phi) is 8.37. The van der Waals surface area contributed by atoms with Crippen molar-refractivity contribution in [2.24, 2.45) is 15.9 Å². The predicted molar refractivity (Wildman–Crippen MR) is 92.2 cm³/mol. The van der Waals surface area contributed by atoms with Gasteiger partial charge >= 0.3 is 0 Å². The number of hydrogen-bond donors (Lipinski definition) is 1. The second-order valence-corrected chi connectivity index (χ2v) is 5.50. The standard InChI is InChI=1S/C14H18FN3OS.BrH/c15-11-5-7-13(8-6-11)19-9-3-1-2-4-12-10-20-14(16)18-17-12;/h5-8H,1-4,9-10H2,(H2,16,18);1H. The molecule has 0 bridgehead atoms. The summed E-state index contributed by atoms with van der Waals surface area (Å²) < 4.78 is 18.2. The molecule has 1 aliphatic rings. The Hall–Kier alpha value is -1.08. The molecule has 4 nitrogen and oxygen atoms in total. The zero-order chi connectivity index (χ0) is 14.2. The molecule has 1 aromatic carbocycles. The normalized spacial score (nSPS) is 14.0. The van der Waals surface area contributed by atoms with Crippen LogP contribution in [-0.4, -0.2) is 23.2 Å². The number of benzene rings is 1. The Morgan fingerprint density at radius 2 is 1.90 bits per heavy atom. The average Bonchev–Trinajstić information content (AvgIpc) is 2.46. The number of hydrogen-bond acceptors (Lipinski definition) is 5. The van der Waals surface area contributed by atoms with Crippen molar-refractivity contribution in [2.75, 3.05) is 12.4 Å². The van der Waals surface area contributed by atoms with Crippen molar-refractivity contribution in [1.29, 1.82) is 0 Å². The summed E-state index contributed by atoms with van der Waals surface area (Å²) in [6.45, 7) is 0.651. The van der Waals surface area contributed by atoms with Gasteiger partial charge < -0.3 is 10.5 Å². The summed E-state index contributed by atoms with van der Waals surface area (Å²) >= 11 is 1.53. The van der Waals surface area contributed by atoms with Crippen LogP contribution in [0.1, 0.15) is 25.7 Å². The van der Waals surface area contributed by atoms with Crippen LogP contribution in [0, 0.1) is 5.82 Å². The van der Waals surface area contributed by atoms with E-state index >= 15 is 0 Å². The van der Waals surface area contributed by atoms with Crippen molar-refractivity contribution in [2.45, 2.75) is 25.7 Å². The molecule has 1 heterocycles. The highest BCUT2D eigenvalue weighted by Gasteiger charge is 2.07. The molecule has 1 aliphatic heterocycles. The van der Waals surface area contributed by atoms with Crippen molar-refractivity contribution >= 4 is 39.6 Å². The summed E-state index contributed by atoms with van der Waals surface area (Å²) in [5.41, 5.74) is 6.62. The molecular weight excluding hydrogens is 357 g/mol. The Morgan fingerprint density at radius 3 is 2.57 bits per heavy atom. The highest BCUT2D eigenvalue weighted by Crippen LogP contribution is 2.14. The summed E-state index contributed by atoms with van der Waals surface area (Å²) in [6.07, 6.45) is 4.08. The van der Waals surface area contributed by atoms with E-state index in [0.717, 1.165) is 37.1 Å². The van der Waals surface area contributed by atoms with E-state index in [1.807, 2.05) is 0 Å². The molecule has 2 N–H and O–H groups in total. The first-order valence-electron chi connectivity index (χ1n) is 6.64. The van der Waals surface area contributed by atoms with Crippen LogP contribution < -0.4 is 10.5 Å². The molecule has 0 spiro atoms. The first-order valence-corrected chi connectivity index (χ1v) is 7.62. The molecule has 21 heavy (non-hydrogen) atoms. The van der Waals surface area contributed by atoms with Crippen molar-refractivity contribution < 1.29 is 9.13 Å². The maximum Gasteiger partial charge on any atom is 0.180 e. The van der Waals surface area contributed by atoms with E-state index < -0.39 is 0 Å². The Bertz CT molecular complexity index is 493. The Labute approximate surface area is 138 Å². The molecule has 0 atom stereocenters. The van der Waals surface area contributed by atoms with Gasteiger partial charge in [0.05, 0.1) is 12.3 Å². The third-order valence-electron chi connectivity index (χ3n) is 2.87. The molecule has 0 unspecified atom stereocenters. The van der Waals surface area contributed by atoms with Crippen LogP contribution in [0.15, 0.2) is 34.5 Å². The maximum absolute atomic E-state index is 12.7. The van der Waals surface area contributed by atoms with Gasteiger partial charge in [-0.15, -0.1) is 22.1 Å². The van der Waals surface area contributed by atoms with Gasteiger partial charge in [-0.05, 0) is 49.9 Å². The first-order chi connectivity index (χ1) is 9.74. The number of unbranched alkanes of at least 4 members (excludes halogenated alkanes) is 2. The molecule has 0 aliphatic carbocycles. The van der Waals surface area contributed by atoms with Crippen molar-refractivity contribution in [3.05, 3.63) is 30.1 Å². The number of ether oxygens (including phenoxy) is 1. The van der Waals surface area contributed by atoms with Gasteiger partial charge in [-0.1, -0.05) is 11.8 Å². The fourth-order valence-corrected chi connectivity index (χ4v) is 2.40. The third kappa shape index (κ3) is 6.95. The summed E-state index contributed by atoms with van der Waals surface area (Å²) in [6, 6.07) is 6.10. The van der Waals surface area contributed by atoms with E-state index in [4.69, 9.17) is 10.5 Å². The van der Waals surface area contributed by atoms with Crippen LogP contribution in [0.4, 0.5) is 4.39 Å². The second-order valence-electron chi connectivity index (χ2n) is 4.51. The second kappa shape index (κ2) is 9.78. The van der Waals surface area contributed by atoms with E-state index in [2.05, 4.69) is 10.2 Å². The molecule has 1 aromatic rings. The number of nitrogens with zero attached hydrogens (tertiary/aromatic N) is 2. The topological polar surface area (TPSA) is 60.0 Å². The molecule has 0 aromatic heterocycles. The third-order valence-corrected chi connectivity index (χ3v) is 3.72. The Morgan fingerprint density at radius 1 is 1.14 bits per heavy atom. The van der Waals surface area contributed by atoms with E-state index in [9.17, 15) is 4.39 Å². The van der Waals surface area contributed by atoms with Crippen LogP contribution >= 0.6 is 28.7 Å². The van der Waals surface area contributed by atoms with Gasteiger partial charge in [0.1, 0.15) is 11.6 Å². The number of nitrogens with two attached hydrogens (primary N) is 1. The molecule has 0 saturated heterocycles. The van der Waals surface area contributed by atoms with E-state index in [0.29, 0.717) is 17.5 Å². The minimum atomic E-state index is -0.244. The number of thioether (sulfide) groups is 1. The van der Waals surface area contributed by atoms with Crippen LogP contribution in [0.25, 0.3) is 0 Å². The summed E-state index contributed by atoms with van der Waals surface area (Å²) in [4.78, 5) is 0. The lowest BCUT2D eigenvalue weighted by atomic mass is 10.1. The van der Waals surface area contributed by atoms with Crippen LogP contribution in [0.2, 0.25) is 0 Å². The highest BCUT2D eigenvalue weighted by molar-refractivity contribution is 8.93. The van der Waals surface area contributed by atoms with Crippen LogP contribution in [0.5, 0.6) is 5.75 Å². The number of halogens is 2. The minimum Gasteiger partial charge on any atom is -0.494 e. The zero-order valence-corrected chi connectivity index (χ0v) is 14.2. The average molecular weight is 376 g/mol. The van der Waals surface area contributed by atoms with E-state index in [1.54, 1.807) is 12.1 Å². The molecule has 7 heteroatoms. The number of amidine groups is 1. The number of rotatable bonds is 7. The predicted octanol–water partition coefficient (Wildman–Crippen LogP) is 3.76. The highest BCUT2D eigenvalue weighted by atomic mass is 79.9. The quantitative estimate of drug-likeness (QED) is 0.738. The summed E-state index contributed by atoms with van der Waals surface area (Å²) in [5, 5.41) is 8.48.